The number of aliphatic hydroxyl groups excluding tert-OH is 2. The molecule has 5 rings (SSSR count). The van der Waals surface area contributed by atoms with Gasteiger partial charge in [0, 0.05) is 76.4 Å². The molecule has 0 bridgehead atoms. The van der Waals surface area contributed by atoms with Gasteiger partial charge in [0.15, 0.2) is 5.96 Å². The summed E-state index contributed by atoms with van der Waals surface area (Å²) < 4.78 is 0. The van der Waals surface area contributed by atoms with Crippen LogP contribution < -0.4 is 70.4 Å². The summed E-state index contributed by atoms with van der Waals surface area (Å²) in [7, 11) is 1.54. The Bertz CT molecular complexity index is 3180. The summed E-state index contributed by atoms with van der Waals surface area (Å²) in [4.78, 5) is 155. The third-order valence-electron chi connectivity index (χ3n) is 14.8. The van der Waals surface area contributed by atoms with E-state index in [2.05, 4.69) is 58.2 Å². The first-order valence-electron chi connectivity index (χ1n) is 29.4. The van der Waals surface area contributed by atoms with E-state index in [9.17, 15) is 68.1 Å². The maximum Gasteiger partial charge on any atom is 0.246 e. The molecule has 1 fully saturated rings. The molecular weight excluding hydrogens is 1170 g/mol. The van der Waals surface area contributed by atoms with Crippen molar-refractivity contribution in [3.05, 3.63) is 102 Å². The molecule has 30 nitrogen and oxygen atoms in total. The summed E-state index contributed by atoms with van der Waals surface area (Å²) in [6.45, 7) is 5.12. The maximum absolute atomic E-state index is 14.4. The van der Waals surface area contributed by atoms with Gasteiger partial charge >= 0.3 is 0 Å². The first-order chi connectivity index (χ1) is 42.7. The second-order valence-corrected chi connectivity index (χ2v) is 22.5. The fourth-order valence-corrected chi connectivity index (χ4v) is 10.1. The minimum Gasteiger partial charge on any atom is -0.508 e. The number of aromatic nitrogens is 1. The van der Waals surface area contributed by atoms with Crippen molar-refractivity contribution >= 4 is 81.8 Å². The second kappa shape index (κ2) is 34.2. The van der Waals surface area contributed by atoms with Crippen LogP contribution in [0.1, 0.15) is 76.5 Å². The van der Waals surface area contributed by atoms with Crippen molar-refractivity contribution in [2.24, 2.45) is 23.1 Å². The lowest BCUT2D eigenvalue weighted by Gasteiger charge is -2.30. The Balaban J connectivity index is 1.31. The number of carbonyl (C=O) groups excluding carboxylic acids is 11. The molecule has 0 saturated carbocycles. The standard InChI is InChI=1S/C60H84N16O14/c1-31(2)22-43(53(84)69-41(16-11-21-66-60(64)65-5)52(83)70-42(51(63)82)25-36-29-67-40-15-10-9-14-39(36)40)71-56(87)47(28-61)74-54(85)44(23-34-12-7-6-8-13-34)73-58(89)50(32(3)77)75-55(86)45(27-49(62)81)72-57(88)48-26-38(80)30-76(48)59(90)46(68-33(4)78)24-35-17-19-37(79)20-18-35/h6-10,12-15,17-20,29,31-32,38,41-48,50,67,77,79-80H,11,16,21-28,30,61H2,1-5H3,(H2,62,81)(H2,63,82)(H,68,78)(H,69,84)(H,70,83)(H,71,87)(H,72,88)(H,73,89)(H,74,85)(H,75,86)(H3,64,65,66)/t32-,38-,41+,42+,43+,44+,45+,46-,47+,48+,50+/m1/s1. The molecule has 1 aliphatic heterocycles. The van der Waals surface area contributed by atoms with Crippen molar-refractivity contribution in [3.8, 4) is 5.75 Å². The number of hydrogen-bond acceptors (Lipinski definition) is 16. The first kappa shape index (κ1) is 71.1. The Morgan fingerprint density at radius 1 is 0.667 bits per heavy atom. The third-order valence-corrected chi connectivity index (χ3v) is 14.8. The number of β-amino-alcohol motifs (C(OH)–C–C–N with tert-alkyl or cyclic N) is 1. The Morgan fingerprint density at radius 3 is 1.86 bits per heavy atom. The number of amides is 11. The van der Waals surface area contributed by atoms with E-state index in [4.69, 9.17) is 22.6 Å². The minimum atomic E-state index is -1.91. The number of aromatic amines is 1. The van der Waals surface area contributed by atoms with Crippen molar-refractivity contribution in [2.75, 3.05) is 26.7 Å². The smallest absolute Gasteiger partial charge is 0.246 e. The molecule has 488 valence electrons. The lowest BCUT2D eigenvalue weighted by atomic mass is 10.0. The number of para-hydroxylation sites is 1. The molecule has 1 aromatic heterocycles. The van der Waals surface area contributed by atoms with Crippen LogP contribution in [0.15, 0.2) is 85.1 Å². The predicted molar refractivity (Wildman–Crippen MR) is 328 cm³/mol. The fourth-order valence-electron chi connectivity index (χ4n) is 10.1. The number of nitrogens with one attached hydrogen (secondary N) is 12. The number of hydrogen-bond donors (Lipinski definition) is 18. The van der Waals surface area contributed by atoms with Crippen molar-refractivity contribution in [3.63, 3.8) is 0 Å². The van der Waals surface area contributed by atoms with Crippen molar-refractivity contribution in [2.45, 2.75) is 146 Å². The summed E-state index contributed by atoms with van der Waals surface area (Å²) in [5.41, 5.74) is 19.9. The number of carbonyl (C=O) groups is 11. The fraction of sp³-hybridized carbons (Fsp3) is 0.467. The average molecular weight is 1250 g/mol. The zero-order valence-electron chi connectivity index (χ0n) is 50.8. The molecule has 11 atom stereocenters. The molecule has 30 heteroatoms. The van der Waals surface area contributed by atoms with Crippen LogP contribution in [0.2, 0.25) is 0 Å². The second-order valence-electron chi connectivity index (χ2n) is 22.5. The molecule has 2 heterocycles. The van der Waals surface area contributed by atoms with E-state index in [1.807, 2.05) is 24.3 Å². The minimum absolute atomic E-state index is 0.000964. The molecule has 1 aliphatic rings. The molecule has 21 N–H and O–H groups in total. The summed E-state index contributed by atoms with van der Waals surface area (Å²) in [6, 6.07) is 7.89. The SMILES string of the molecule is CNC(=N)NCCC[C@H](NC(=O)[C@H](CC(C)C)NC(=O)[C@H](CN)NC(=O)[C@H](Cc1ccccc1)NC(=O)[C@@H](NC(=O)[C@H](CC(N)=O)NC(=O)[C@@H]1C[C@@H](O)CN1C(=O)[C@@H](Cc1ccc(O)cc1)NC(C)=O)[C@@H](C)O)C(=O)N[C@@H](Cc1c[nH]c2ccccc12)C(N)=O. The molecule has 0 spiro atoms. The Morgan fingerprint density at radius 2 is 1.23 bits per heavy atom. The number of nitrogens with zero attached hydrogens (tertiary/aromatic N) is 1. The molecule has 4 aromatic rings. The van der Waals surface area contributed by atoms with Gasteiger partial charge in [0.1, 0.15) is 60.1 Å². The lowest BCUT2D eigenvalue weighted by Crippen LogP contribution is -2.63. The van der Waals surface area contributed by atoms with Crippen LogP contribution in [0.3, 0.4) is 0 Å². The Kier molecular flexibility index (Phi) is 27.0. The van der Waals surface area contributed by atoms with Crippen LogP contribution >= 0.6 is 0 Å². The number of fused-ring (bicyclic) bond motifs is 1. The Labute approximate surface area is 519 Å². The number of H-pyrrole nitrogens is 1. The van der Waals surface area contributed by atoms with E-state index in [0.717, 1.165) is 22.7 Å². The van der Waals surface area contributed by atoms with Crippen molar-refractivity contribution in [1.82, 2.24) is 63.1 Å². The number of primary amides is 2. The largest absolute Gasteiger partial charge is 0.508 e. The lowest BCUT2D eigenvalue weighted by molar-refractivity contribution is -0.142. The summed E-state index contributed by atoms with van der Waals surface area (Å²) in [5.74, 6) is -10.6. The van der Waals surface area contributed by atoms with Gasteiger partial charge in [0.25, 0.3) is 0 Å². The van der Waals surface area contributed by atoms with Gasteiger partial charge in [-0.15, -0.1) is 0 Å². The number of benzene rings is 3. The predicted octanol–water partition coefficient (Wildman–Crippen LogP) is -3.97. The number of rotatable bonds is 33. The molecule has 0 unspecified atom stereocenters. The number of guanidine groups is 1. The van der Waals surface area contributed by atoms with Gasteiger partial charge in [-0.05, 0) is 67.0 Å². The number of nitrogens with two attached hydrogens (primary N) is 3. The first-order valence-corrected chi connectivity index (χ1v) is 29.4. The molecule has 3 aromatic carbocycles. The van der Waals surface area contributed by atoms with Gasteiger partial charge < -0.3 is 95.6 Å². The normalized spacial score (nSPS) is 16.7. The van der Waals surface area contributed by atoms with E-state index < -0.39 is 145 Å². The van der Waals surface area contributed by atoms with Gasteiger partial charge in [-0.25, -0.2) is 0 Å². The molecule has 90 heavy (non-hydrogen) atoms. The van der Waals surface area contributed by atoms with Gasteiger partial charge in [-0.1, -0.05) is 74.5 Å². The third kappa shape index (κ3) is 21.6. The quantitative estimate of drug-likeness (QED) is 0.0123. The van der Waals surface area contributed by atoms with Crippen LogP contribution in [-0.2, 0) is 72.0 Å². The highest BCUT2D eigenvalue weighted by Gasteiger charge is 2.43. The molecular formula is C60H84N16O14. The highest BCUT2D eigenvalue weighted by molar-refractivity contribution is 6.00. The van der Waals surface area contributed by atoms with Gasteiger partial charge in [-0.2, -0.15) is 0 Å². The molecule has 11 amide bonds. The monoisotopic (exact) mass is 1250 g/mol. The molecule has 0 radical (unpaired) electrons. The summed E-state index contributed by atoms with van der Waals surface area (Å²) in [6.07, 6.45) is -2.56. The van der Waals surface area contributed by atoms with E-state index in [0.29, 0.717) is 16.7 Å². The maximum atomic E-state index is 14.4. The zero-order valence-corrected chi connectivity index (χ0v) is 50.8. The van der Waals surface area contributed by atoms with Crippen molar-refractivity contribution < 1.29 is 68.1 Å². The molecule has 0 aliphatic carbocycles. The van der Waals surface area contributed by atoms with Gasteiger partial charge in [0.05, 0.1) is 18.6 Å². The topological polar surface area (TPSA) is 490 Å². The van der Waals surface area contributed by atoms with E-state index >= 15 is 0 Å². The van der Waals surface area contributed by atoms with E-state index in [1.54, 1.807) is 50.4 Å². The van der Waals surface area contributed by atoms with Gasteiger partial charge in [-0.3, -0.25) is 58.1 Å². The van der Waals surface area contributed by atoms with Gasteiger partial charge in [0.2, 0.25) is 65.0 Å². The van der Waals surface area contributed by atoms with Crippen LogP contribution in [-0.4, -0.2) is 189 Å². The number of aromatic hydroxyl groups is 1. The van der Waals surface area contributed by atoms with Crippen LogP contribution in [0.5, 0.6) is 5.75 Å². The summed E-state index contributed by atoms with van der Waals surface area (Å²) >= 11 is 0. The van der Waals surface area contributed by atoms with E-state index in [-0.39, 0.29) is 75.7 Å². The van der Waals surface area contributed by atoms with Crippen LogP contribution in [0.25, 0.3) is 10.9 Å². The molecule has 1 saturated heterocycles. The number of phenolic OH excluding ortho intramolecular Hbond substituents is 1. The average Bonchev–Trinajstić information content (AvgIpc) is 1.68. The van der Waals surface area contributed by atoms with Crippen LogP contribution in [0.4, 0.5) is 0 Å². The summed E-state index contributed by atoms with van der Waals surface area (Å²) in [5, 5.41) is 65.8. The number of likely N-dealkylation sites (tertiary alicyclic amines) is 1. The van der Waals surface area contributed by atoms with Crippen molar-refractivity contribution in [1.29, 1.82) is 5.41 Å². The van der Waals surface area contributed by atoms with Crippen LogP contribution in [0, 0.1) is 11.3 Å². The Hall–Kier alpha value is -9.68. The zero-order chi connectivity index (χ0) is 66.4. The highest BCUT2D eigenvalue weighted by Crippen LogP contribution is 2.23. The number of aliphatic hydroxyl groups is 2. The van der Waals surface area contributed by atoms with E-state index in [1.165, 1.54) is 38.2 Å². The highest BCUT2D eigenvalue weighted by atomic mass is 16.3. The number of phenols is 1.